The highest BCUT2D eigenvalue weighted by molar-refractivity contribution is 4.47. The van der Waals surface area contributed by atoms with Crippen molar-refractivity contribution in [2.45, 2.75) is 71.1 Å². The zero-order valence-electron chi connectivity index (χ0n) is 14.0. The quantitative estimate of drug-likeness (QED) is 0.203. The molecule has 0 aromatic carbocycles. The topological polar surface area (TPSA) is 35.2 Å². The molecule has 0 fully saturated rings. The highest BCUT2D eigenvalue weighted by Gasteiger charge is 2.13. The average Bonchev–Trinajstić information content (AvgIpc) is 2.38. The largest absolute Gasteiger partial charge is 1.00 e. The summed E-state index contributed by atoms with van der Waals surface area (Å²) in [5.41, 5.74) is 0. The first-order valence-electron chi connectivity index (χ1n) is 8.26. The molecule has 0 aliphatic heterocycles. The van der Waals surface area contributed by atoms with Crippen molar-refractivity contribution in [1.82, 2.24) is 0 Å². The number of quaternary nitrogens is 1. The molecule has 20 heavy (non-hydrogen) atoms. The minimum absolute atomic E-state index is 0. The molecule has 4 heteroatoms. The number of nitrogens with two attached hydrogens (primary N) is 1. The molecular weight excluding hydrogens is 363 g/mol. The number of unbranched alkanes of at least 4 members (excludes halogenated alkanes) is 9. The van der Waals surface area contributed by atoms with Crippen LogP contribution < -0.4 is 29.9 Å². The zero-order valence-corrected chi connectivity index (χ0v) is 16.2. The maximum atomic E-state index is 5.08. The molecule has 2 N–H and O–H groups in total. The fraction of sp³-hybridized carbons (Fsp3) is 1.00. The van der Waals surface area contributed by atoms with Crippen LogP contribution in [0.4, 0.5) is 0 Å². The van der Waals surface area contributed by atoms with E-state index in [2.05, 4.69) is 25.9 Å². The minimum atomic E-state index is 0. The van der Waals surface area contributed by atoms with Crippen LogP contribution >= 0.6 is 0 Å². The standard InChI is InChI=1S/C16H37N2O.HI/c1-4-5-6-7-8-9-10-11-12-13-14-18(2,3)15-16-19-17;/h4-17H2,1-3H3;1H/q+1;/p-1. The van der Waals surface area contributed by atoms with Gasteiger partial charge in [0, 0.05) is 0 Å². The van der Waals surface area contributed by atoms with E-state index >= 15 is 0 Å². The second kappa shape index (κ2) is 16.0. The lowest BCUT2D eigenvalue weighted by Crippen LogP contribution is -3.00. The van der Waals surface area contributed by atoms with E-state index in [1.807, 2.05) is 0 Å². The Bertz CT molecular complexity index is 189. The Morgan fingerprint density at radius 3 is 1.65 bits per heavy atom. The SMILES string of the molecule is CCCCCCCCCCCC[N+](C)(C)CCON.[I-]. The third-order valence-electron chi connectivity index (χ3n) is 3.93. The Hall–Kier alpha value is 0.610. The molecule has 124 valence electrons. The van der Waals surface area contributed by atoms with Gasteiger partial charge in [-0.25, -0.2) is 5.90 Å². The Morgan fingerprint density at radius 2 is 1.20 bits per heavy atom. The van der Waals surface area contributed by atoms with Crippen LogP contribution in [-0.4, -0.2) is 38.3 Å². The van der Waals surface area contributed by atoms with Crippen molar-refractivity contribution in [3.05, 3.63) is 0 Å². The van der Waals surface area contributed by atoms with Gasteiger partial charge in [-0.15, -0.1) is 0 Å². The van der Waals surface area contributed by atoms with Crippen LogP contribution in [-0.2, 0) is 4.84 Å². The molecule has 0 aliphatic rings. The summed E-state index contributed by atoms with van der Waals surface area (Å²) in [6, 6.07) is 0. The van der Waals surface area contributed by atoms with Crippen LogP contribution in [0.25, 0.3) is 0 Å². The third kappa shape index (κ3) is 16.7. The Kier molecular flexibility index (Phi) is 18.3. The van der Waals surface area contributed by atoms with Crippen molar-refractivity contribution in [2.24, 2.45) is 5.90 Å². The maximum Gasteiger partial charge on any atom is 0.117 e. The third-order valence-corrected chi connectivity index (χ3v) is 3.93. The first-order valence-corrected chi connectivity index (χ1v) is 8.26. The van der Waals surface area contributed by atoms with Crippen molar-refractivity contribution in [3.8, 4) is 0 Å². The molecule has 0 aliphatic carbocycles. The fourth-order valence-corrected chi connectivity index (χ4v) is 2.44. The molecule has 0 amide bonds. The number of likely N-dealkylation sites (N-methyl/N-ethyl adjacent to an activating group) is 1. The summed E-state index contributed by atoms with van der Waals surface area (Å²) in [4.78, 5) is 4.66. The summed E-state index contributed by atoms with van der Waals surface area (Å²) in [7, 11) is 4.51. The summed E-state index contributed by atoms with van der Waals surface area (Å²) in [5, 5.41) is 0. The minimum Gasteiger partial charge on any atom is -1.00 e. The van der Waals surface area contributed by atoms with E-state index in [0.29, 0.717) is 6.61 Å². The first kappa shape index (κ1) is 22.9. The first-order chi connectivity index (χ1) is 9.12. The average molecular weight is 400 g/mol. The molecule has 0 saturated carbocycles. The molecule has 0 atom stereocenters. The van der Waals surface area contributed by atoms with Crippen LogP contribution in [0.3, 0.4) is 0 Å². The van der Waals surface area contributed by atoms with E-state index in [4.69, 9.17) is 5.90 Å². The lowest BCUT2D eigenvalue weighted by Gasteiger charge is -2.29. The predicted molar refractivity (Wildman–Crippen MR) is 83.8 cm³/mol. The number of nitrogens with zero attached hydrogens (tertiary/aromatic N) is 1. The van der Waals surface area contributed by atoms with Crippen LogP contribution in [0.2, 0.25) is 0 Å². The molecule has 0 bridgehead atoms. The number of hydrogen-bond donors (Lipinski definition) is 1. The number of hydrogen-bond acceptors (Lipinski definition) is 2. The van der Waals surface area contributed by atoms with Gasteiger partial charge in [-0.05, 0) is 12.8 Å². The van der Waals surface area contributed by atoms with Crippen LogP contribution in [0.15, 0.2) is 0 Å². The number of rotatable bonds is 14. The van der Waals surface area contributed by atoms with E-state index in [-0.39, 0.29) is 24.0 Å². The molecule has 0 aromatic heterocycles. The lowest BCUT2D eigenvalue weighted by atomic mass is 10.1. The van der Waals surface area contributed by atoms with E-state index in [1.165, 1.54) is 70.8 Å². The predicted octanol–water partition coefficient (Wildman–Crippen LogP) is 0.878. The lowest BCUT2D eigenvalue weighted by molar-refractivity contribution is -0.891. The summed E-state index contributed by atoms with van der Waals surface area (Å²) >= 11 is 0. The van der Waals surface area contributed by atoms with Gasteiger partial charge in [-0.1, -0.05) is 58.3 Å². The van der Waals surface area contributed by atoms with Crippen LogP contribution in [0.5, 0.6) is 0 Å². The van der Waals surface area contributed by atoms with Crippen LogP contribution in [0, 0.1) is 0 Å². The highest BCUT2D eigenvalue weighted by Crippen LogP contribution is 2.11. The molecule has 0 saturated heterocycles. The van der Waals surface area contributed by atoms with Gasteiger partial charge in [0.15, 0.2) is 0 Å². The smallest absolute Gasteiger partial charge is 0.117 e. The molecule has 0 unspecified atom stereocenters. The van der Waals surface area contributed by atoms with Gasteiger partial charge in [-0.3, -0.25) is 4.84 Å². The number of halogens is 1. The fourth-order valence-electron chi connectivity index (χ4n) is 2.44. The van der Waals surface area contributed by atoms with Crippen molar-refractivity contribution >= 4 is 0 Å². The van der Waals surface area contributed by atoms with Gasteiger partial charge in [0.25, 0.3) is 0 Å². The second-order valence-corrected chi connectivity index (χ2v) is 6.44. The molecule has 0 spiro atoms. The van der Waals surface area contributed by atoms with Crippen molar-refractivity contribution in [2.75, 3.05) is 33.8 Å². The highest BCUT2D eigenvalue weighted by atomic mass is 127. The molecule has 0 rings (SSSR count). The van der Waals surface area contributed by atoms with Gasteiger partial charge in [-0.2, -0.15) is 0 Å². The Morgan fingerprint density at radius 1 is 0.750 bits per heavy atom. The van der Waals surface area contributed by atoms with Gasteiger partial charge in [0.05, 0.1) is 20.6 Å². The van der Waals surface area contributed by atoms with E-state index in [0.717, 1.165) is 11.0 Å². The van der Waals surface area contributed by atoms with Crippen molar-refractivity contribution in [3.63, 3.8) is 0 Å². The van der Waals surface area contributed by atoms with Gasteiger partial charge in [0.2, 0.25) is 0 Å². The second-order valence-electron chi connectivity index (χ2n) is 6.44. The molecule has 3 nitrogen and oxygen atoms in total. The Labute approximate surface area is 144 Å². The van der Waals surface area contributed by atoms with Gasteiger partial charge in [0.1, 0.15) is 13.2 Å². The summed E-state index contributed by atoms with van der Waals surface area (Å²) < 4.78 is 1.02. The molecule has 0 heterocycles. The molecule has 0 radical (unpaired) electrons. The van der Waals surface area contributed by atoms with E-state index in [9.17, 15) is 0 Å². The molecule has 0 aromatic rings. The van der Waals surface area contributed by atoms with Gasteiger partial charge < -0.3 is 28.5 Å². The monoisotopic (exact) mass is 400 g/mol. The van der Waals surface area contributed by atoms with Crippen molar-refractivity contribution < 1.29 is 33.3 Å². The van der Waals surface area contributed by atoms with Crippen molar-refractivity contribution in [1.29, 1.82) is 0 Å². The zero-order chi connectivity index (χ0) is 14.4. The van der Waals surface area contributed by atoms with Gasteiger partial charge >= 0.3 is 0 Å². The normalized spacial score (nSPS) is 11.4. The summed E-state index contributed by atoms with van der Waals surface area (Å²) in [6.45, 7) is 5.18. The summed E-state index contributed by atoms with van der Waals surface area (Å²) in [6.07, 6.45) is 14.0. The molecular formula is C16H37IN2O. The summed E-state index contributed by atoms with van der Waals surface area (Å²) in [5.74, 6) is 5.08. The Balaban J connectivity index is 0. The van der Waals surface area contributed by atoms with E-state index < -0.39 is 0 Å². The maximum absolute atomic E-state index is 5.08. The van der Waals surface area contributed by atoms with E-state index in [1.54, 1.807) is 0 Å². The van der Waals surface area contributed by atoms with Crippen LogP contribution in [0.1, 0.15) is 71.1 Å².